The normalized spacial score (nSPS) is 11.5. The number of furan rings is 2. The highest BCUT2D eigenvalue weighted by Crippen LogP contribution is 2.17. The van der Waals surface area contributed by atoms with E-state index < -0.39 is 21.9 Å². The molecule has 0 saturated carbocycles. The lowest BCUT2D eigenvalue weighted by atomic mass is 10.2. The van der Waals surface area contributed by atoms with Crippen molar-refractivity contribution < 1.29 is 31.9 Å². The average molecular weight is 370 g/mol. The van der Waals surface area contributed by atoms with Gasteiger partial charge in [-0.05, 0) is 25.1 Å². The SMILES string of the molecule is Cc1oc(CN(C)C(=O)c2ccc(CNS(C)(=O)=O)o2)cc1C(=O)O. The lowest BCUT2D eigenvalue weighted by Gasteiger charge is -2.13. The first kappa shape index (κ1) is 18.7. The van der Waals surface area contributed by atoms with Crippen molar-refractivity contribution in [2.45, 2.75) is 20.0 Å². The van der Waals surface area contributed by atoms with Gasteiger partial charge in [0.05, 0.1) is 19.3 Å². The maximum atomic E-state index is 12.3. The zero-order valence-electron chi connectivity index (χ0n) is 13.9. The molecule has 2 rings (SSSR count). The van der Waals surface area contributed by atoms with Crippen LogP contribution in [0.25, 0.3) is 0 Å². The summed E-state index contributed by atoms with van der Waals surface area (Å²) in [5.41, 5.74) is 0.0444. The lowest BCUT2D eigenvalue weighted by Crippen LogP contribution is -2.25. The van der Waals surface area contributed by atoms with Gasteiger partial charge in [-0.25, -0.2) is 17.9 Å². The molecule has 0 aliphatic rings. The number of carbonyl (C=O) groups excluding carboxylic acids is 1. The largest absolute Gasteiger partial charge is 0.478 e. The van der Waals surface area contributed by atoms with E-state index in [9.17, 15) is 18.0 Å². The first-order valence-electron chi connectivity index (χ1n) is 7.18. The predicted octanol–water partition coefficient (Wildman–Crippen LogP) is 1.20. The monoisotopic (exact) mass is 370 g/mol. The van der Waals surface area contributed by atoms with Gasteiger partial charge < -0.3 is 18.8 Å². The van der Waals surface area contributed by atoms with E-state index in [1.807, 2.05) is 0 Å². The van der Waals surface area contributed by atoms with E-state index in [0.717, 1.165) is 6.26 Å². The number of hydrogen-bond acceptors (Lipinski definition) is 6. The fourth-order valence-electron chi connectivity index (χ4n) is 2.12. The summed E-state index contributed by atoms with van der Waals surface area (Å²) in [4.78, 5) is 24.6. The second kappa shape index (κ2) is 7.11. The molecule has 2 N–H and O–H groups in total. The van der Waals surface area contributed by atoms with Gasteiger partial charge in [0.25, 0.3) is 5.91 Å². The Balaban J connectivity index is 2.04. The molecule has 2 aromatic rings. The molecule has 0 aromatic carbocycles. The standard InChI is InChI=1S/C15H18N2O7S/c1-9-12(15(19)20)6-11(23-9)8-17(2)14(18)13-5-4-10(24-13)7-16-25(3,21)22/h4-6,16H,7-8H2,1-3H3,(H,19,20). The Morgan fingerprint density at radius 2 is 1.92 bits per heavy atom. The predicted molar refractivity (Wildman–Crippen MR) is 86.6 cm³/mol. The zero-order chi connectivity index (χ0) is 18.8. The number of nitrogens with one attached hydrogen (secondary N) is 1. The molecule has 2 heterocycles. The second-order valence-corrected chi connectivity index (χ2v) is 7.34. The molecular weight excluding hydrogens is 352 g/mol. The minimum absolute atomic E-state index is 0.0366. The van der Waals surface area contributed by atoms with Crippen LogP contribution < -0.4 is 4.72 Å². The Morgan fingerprint density at radius 1 is 1.24 bits per heavy atom. The summed E-state index contributed by atoms with van der Waals surface area (Å²) in [6.07, 6.45) is 1.02. The van der Waals surface area contributed by atoms with Gasteiger partial charge in [0, 0.05) is 7.05 Å². The number of sulfonamides is 1. The quantitative estimate of drug-likeness (QED) is 0.749. The molecule has 0 fully saturated rings. The highest BCUT2D eigenvalue weighted by atomic mass is 32.2. The van der Waals surface area contributed by atoms with Crippen LogP contribution in [-0.4, -0.2) is 43.6 Å². The topological polar surface area (TPSA) is 130 Å². The summed E-state index contributed by atoms with van der Waals surface area (Å²) in [6, 6.07) is 4.30. The number of aryl methyl sites for hydroxylation is 1. The van der Waals surface area contributed by atoms with Crippen LogP contribution in [0.5, 0.6) is 0 Å². The van der Waals surface area contributed by atoms with Crippen LogP contribution in [0.3, 0.4) is 0 Å². The van der Waals surface area contributed by atoms with Crippen LogP contribution in [0.15, 0.2) is 27.0 Å². The lowest BCUT2D eigenvalue weighted by molar-refractivity contribution is 0.0693. The summed E-state index contributed by atoms with van der Waals surface area (Å²) in [5.74, 6) is -0.627. The maximum Gasteiger partial charge on any atom is 0.339 e. The molecule has 0 atom stereocenters. The minimum Gasteiger partial charge on any atom is -0.478 e. The van der Waals surface area contributed by atoms with E-state index in [-0.39, 0.29) is 30.2 Å². The zero-order valence-corrected chi connectivity index (χ0v) is 14.7. The van der Waals surface area contributed by atoms with Crippen LogP contribution in [0.1, 0.15) is 38.2 Å². The van der Waals surface area contributed by atoms with E-state index in [1.165, 1.54) is 37.1 Å². The average Bonchev–Trinajstić information content (AvgIpc) is 3.10. The van der Waals surface area contributed by atoms with Crippen molar-refractivity contribution in [3.63, 3.8) is 0 Å². The van der Waals surface area contributed by atoms with Gasteiger partial charge in [-0.3, -0.25) is 4.79 Å². The third-order valence-corrected chi connectivity index (χ3v) is 3.99. The second-order valence-electron chi connectivity index (χ2n) is 5.51. The van der Waals surface area contributed by atoms with E-state index in [4.69, 9.17) is 13.9 Å². The molecule has 2 aromatic heterocycles. The van der Waals surface area contributed by atoms with E-state index in [0.29, 0.717) is 11.5 Å². The molecule has 0 bridgehead atoms. The Labute approximate surface area is 144 Å². The number of amides is 1. The first-order valence-corrected chi connectivity index (χ1v) is 9.07. The fraction of sp³-hybridized carbons (Fsp3) is 0.333. The molecule has 25 heavy (non-hydrogen) atoms. The molecular formula is C15H18N2O7S. The van der Waals surface area contributed by atoms with Crippen molar-refractivity contribution in [3.8, 4) is 0 Å². The van der Waals surface area contributed by atoms with Gasteiger partial charge in [0.2, 0.25) is 10.0 Å². The molecule has 136 valence electrons. The highest BCUT2D eigenvalue weighted by Gasteiger charge is 2.20. The van der Waals surface area contributed by atoms with Crippen molar-refractivity contribution in [2.24, 2.45) is 0 Å². The van der Waals surface area contributed by atoms with Gasteiger partial charge in [0.15, 0.2) is 5.76 Å². The van der Waals surface area contributed by atoms with E-state index in [2.05, 4.69) is 4.72 Å². The summed E-state index contributed by atoms with van der Waals surface area (Å²) in [6.45, 7) is 1.53. The van der Waals surface area contributed by atoms with Crippen molar-refractivity contribution in [3.05, 3.63) is 46.8 Å². The van der Waals surface area contributed by atoms with E-state index in [1.54, 1.807) is 0 Å². The molecule has 0 aliphatic carbocycles. The summed E-state index contributed by atoms with van der Waals surface area (Å²) < 4.78 is 35.0. The Morgan fingerprint density at radius 3 is 2.48 bits per heavy atom. The number of carbonyl (C=O) groups is 2. The number of carboxylic acids is 1. The van der Waals surface area contributed by atoms with Gasteiger partial charge in [0.1, 0.15) is 22.8 Å². The van der Waals surface area contributed by atoms with Crippen LogP contribution in [0.2, 0.25) is 0 Å². The molecule has 0 saturated heterocycles. The minimum atomic E-state index is -3.36. The van der Waals surface area contributed by atoms with Gasteiger partial charge in [-0.15, -0.1) is 0 Å². The van der Waals surface area contributed by atoms with Gasteiger partial charge in [-0.1, -0.05) is 0 Å². The molecule has 0 aliphatic heterocycles. The summed E-state index contributed by atoms with van der Waals surface area (Å²) in [5, 5.41) is 9.01. The number of aromatic carboxylic acids is 1. The fourth-order valence-corrected chi connectivity index (χ4v) is 2.52. The molecule has 10 heteroatoms. The number of hydrogen-bond donors (Lipinski definition) is 2. The van der Waals surface area contributed by atoms with E-state index >= 15 is 0 Å². The summed E-state index contributed by atoms with van der Waals surface area (Å²) in [7, 11) is -1.85. The Bertz CT molecular complexity index is 895. The molecule has 0 spiro atoms. The third-order valence-electron chi connectivity index (χ3n) is 3.32. The third kappa shape index (κ3) is 4.94. The smallest absolute Gasteiger partial charge is 0.339 e. The van der Waals surface area contributed by atoms with Gasteiger partial charge >= 0.3 is 5.97 Å². The molecule has 9 nitrogen and oxygen atoms in total. The highest BCUT2D eigenvalue weighted by molar-refractivity contribution is 7.88. The van der Waals surface area contributed by atoms with Crippen molar-refractivity contribution in [2.75, 3.05) is 13.3 Å². The van der Waals surface area contributed by atoms with Crippen molar-refractivity contribution >= 4 is 21.9 Å². The number of rotatable bonds is 7. The van der Waals surface area contributed by atoms with Crippen LogP contribution in [-0.2, 0) is 23.1 Å². The molecule has 0 unspecified atom stereocenters. The molecule has 1 amide bonds. The molecule has 0 radical (unpaired) electrons. The van der Waals surface area contributed by atoms with Crippen LogP contribution in [0.4, 0.5) is 0 Å². The maximum absolute atomic E-state index is 12.3. The van der Waals surface area contributed by atoms with Crippen molar-refractivity contribution in [1.29, 1.82) is 0 Å². The number of carboxylic acid groups (broad SMARTS) is 1. The van der Waals surface area contributed by atoms with Crippen LogP contribution >= 0.6 is 0 Å². The Hall–Kier alpha value is -2.59. The van der Waals surface area contributed by atoms with Gasteiger partial charge in [-0.2, -0.15) is 0 Å². The number of nitrogens with zero attached hydrogens (tertiary/aromatic N) is 1. The Kier molecular flexibility index (Phi) is 5.33. The van der Waals surface area contributed by atoms with Crippen molar-refractivity contribution in [1.82, 2.24) is 9.62 Å². The first-order chi connectivity index (χ1) is 11.6. The van der Waals surface area contributed by atoms with Crippen LogP contribution in [0, 0.1) is 6.92 Å². The summed E-state index contributed by atoms with van der Waals surface area (Å²) >= 11 is 0.